The van der Waals surface area contributed by atoms with E-state index in [0.29, 0.717) is 27.5 Å². The number of rotatable bonds is 5. The number of hydrogen-bond acceptors (Lipinski definition) is 3. The number of benzene rings is 2. The summed E-state index contributed by atoms with van der Waals surface area (Å²) in [5.41, 5.74) is 8.98. The summed E-state index contributed by atoms with van der Waals surface area (Å²) in [5.74, 6) is -0.583. The highest BCUT2D eigenvalue weighted by atomic mass is 35.5. The molecule has 1 heterocycles. The Morgan fingerprint density at radius 2 is 1.78 bits per heavy atom. The second kappa shape index (κ2) is 7.09. The number of carbonyl (C=O) groups is 1. The summed E-state index contributed by atoms with van der Waals surface area (Å²) in [6.07, 6.45) is 1.05. The quantitative estimate of drug-likeness (QED) is 0.681. The van der Waals surface area contributed by atoms with Gasteiger partial charge in [0.2, 0.25) is 10.0 Å². The minimum Gasteiger partial charge on any atom is -0.366 e. The van der Waals surface area contributed by atoms with Crippen LogP contribution in [0.15, 0.2) is 54.6 Å². The Hall–Kier alpha value is -2.77. The van der Waals surface area contributed by atoms with E-state index in [-0.39, 0.29) is 0 Å². The molecule has 0 aliphatic rings. The van der Waals surface area contributed by atoms with E-state index >= 15 is 0 Å². The molecule has 0 saturated heterocycles. The van der Waals surface area contributed by atoms with Crippen LogP contribution in [0.5, 0.6) is 0 Å². The van der Waals surface area contributed by atoms with Gasteiger partial charge in [-0.05, 0) is 43.3 Å². The van der Waals surface area contributed by atoms with Crippen molar-refractivity contribution in [2.24, 2.45) is 5.73 Å². The Kier molecular flexibility index (Phi) is 4.99. The van der Waals surface area contributed by atoms with E-state index in [1.165, 1.54) is 6.07 Å². The first-order valence-corrected chi connectivity index (χ1v) is 10.3. The fraction of sp³-hybridized carbons (Fsp3) is 0.105. The SMILES string of the molecule is Cc1cc(C(N)=O)c(-c2cc(Cl)cc(NS(C)(=O)=O)c2)n1-c1ccccc1. The summed E-state index contributed by atoms with van der Waals surface area (Å²) >= 11 is 6.21. The first kappa shape index (κ1) is 19.0. The number of aryl methyl sites for hydroxylation is 1. The van der Waals surface area contributed by atoms with Crippen LogP contribution in [0.25, 0.3) is 16.9 Å². The van der Waals surface area contributed by atoms with Gasteiger partial charge in [-0.1, -0.05) is 29.8 Å². The highest BCUT2D eigenvalue weighted by Crippen LogP contribution is 2.34. The number of primary amides is 1. The molecule has 1 aromatic heterocycles. The third-order valence-corrected chi connectivity index (χ3v) is 4.76. The molecule has 8 heteroatoms. The molecule has 3 rings (SSSR count). The third kappa shape index (κ3) is 4.15. The highest BCUT2D eigenvalue weighted by Gasteiger charge is 2.20. The molecule has 0 atom stereocenters. The van der Waals surface area contributed by atoms with E-state index in [0.717, 1.165) is 17.6 Å². The van der Waals surface area contributed by atoms with Crippen molar-refractivity contribution in [3.05, 3.63) is 70.9 Å². The number of carbonyl (C=O) groups excluding carboxylic acids is 1. The van der Waals surface area contributed by atoms with Gasteiger partial charge < -0.3 is 10.3 Å². The van der Waals surface area contributed by atoms with Crippen LogP contribution in [-0.2, 0) is 10.0 Å². The molecule has 6 nitrogen and oxygen atoms in total. The Bertz CT molecular complexity index is 1120. The Morgan fingerprint density at radius 1 is 1.11 bits per heavy atom. The molecular formula is C19H18ClN3O3S. The molecule has 2 aromatic carbocycles. The average Bonchev–Trinajstić information content (AvgIpc) is 2.91. The molecule has 27 heavy (non-hydrogen) atoms. The first-order valence-electron chi connectivity index (χ1n) is 8.02. The van der Waals surface area contributed by atoms with Gasteiger partial charge in [0.1, 0.15) is 0 Å². The van der Waals surface area contributed by atoms with Crippen LogP contribution in [0.3, 0.4) is 0 Å². The van der Waals surface area contributed by atoms with Crippen LogP contribution in [0.2, 0.25) is 5.02 Å². The molecule has 140 valence electrons. The van der Waals surface area contributed by atoms with Crippen molar-refractivity contribution in [3.8, 4) is 16.9 Å². The molecule has 0 bridgehead atoms. The lowest BCUT2D eigenvalue weighted by Gasteiger charge is -2.15. The maximum atomic E-state index is 12.1. The standard InChI is InChI=1S/C19H18ClN3O3S/c1-12-8-17(19(21)24)18(23(12)16-6-4-3-5-7-16)13-9-14(20)11-15(10-13)22-27(2,25)26/h3-11,22H,1-2H3,(H2,21,24). The summed E-state index contributed by atoms with van der Waals surface area (Å²) in [5, 5.41) is 0.326. The second-order valence-corrected chi connectivity index (χ2v) is 8.37. The normalized spacial score (nSPS) is 11.4. The maximum Gasteiger partial charge on any atom is 0.250 e. The molecule has 0 fully saturated rings. The van der Waals surface area contributed by atoms with Crippen LogP contribution in [0.1, 0.15) is 16.1 Å². The largest absolute Gasteiger partial charge is 0.366 e. The van der Waals surface area contributed by atoms with Gasteiger partial charge in [0.25, 0.3) is 5.91 Å². The number of amides is 1. The minimum atomic E-state index is -3.48. The van der Waals surface area contributed by atoms with Crippen molar-refractivity contribution in [3.63, 3.8) is 0 Å². The zero-order valence-corrected chi connectivity index (χ0v) is 16.3. The van der Waals surface area contributed by atoms with Gasteiger partial charge >= 0.3 is 0 Å². The van der Waals surface area contributed by atoms with Crippen molar-refractivity contribution < 1.29 is 13.2 Å². The predicted octanol–water partition coefficient (Wildman–Crippen LogP) is 3.58. The fourth-order valence-corrected chi connectivity index (χ4v) is 3.80. The van der Waals surface area contributed by atoms with E-state index in [4.69, 9.17) is 17.3 Å². The van der Waals surface area contributed by atoms with Crippen LogP contribution >= 0.6 is 11.6 Å². The molecule has 0 aliphatic carbocycles. The Labute approximate surface area is 162 Å². The van der Waals surface area contributed by atoms with Crippen LogP contribution in [0, 0.1) is 6.92 Å². The summed E-state index contributed by atoms with van der Waals surface area (Å²) in [6.45, 7) is 1.86. The smallest absolute Gasteiger partial charge is 0.250 e. The van der Waals surface area contributed by atoms with Crippen molar-refractivity contribution in [2.45, 2.75) is 6.92 Å². The fourth-order valence-electron chi connectivity index (χ4n) is 3.02. The van der Waals surface area contributed by atoms with Gasteiger partial charge in [-0.15, -0.1) is 0 Å². The van der Waals surface area contributed by atoms with Gasteiger partial charge in [0.05, 0.1) is 23.2 Å². The lowest BCUT2D eigenvalue weighted by Crippen LogP contribution is -2.13. The predicted molar refractivity (Wildman–Crippen MR) is 108 cm³/mol. The zero-order valence-electron chi connectivity index (χ0n) is 14.7. The summed E-state index contributed by atoms with van der Waals surface area (Å²) < 4.78 is 27.5. The van der Waals surface area contributed by atoms with Crippen molar-refractivity contribution in [1.82, 2.24) is 4.57 Å². The van der Waals surface area contributed by atoms with Crippen LogP contribution in [-0.4, -0.2) is 25.1 Å². The van der Waals surface area contributed by atoms with Crippen molar-refractivity contribution in [2.75, 3.05) is 11.0 Å². The lowest BCUT2D eigenvalue weighted by molar-refractivity contribution is 0.100. The van der Waals surface area contributed by atoms with E-state index < -0.39 is 15.9 Å². The highest BCUT2D eigenvalue weighted by molar-refractivity contribution is 7.92. The second-order valence-electron chi connectivity index (χ2n) is 6.19. The van der Waals surface area contributed by atoms with Crippen LogP contribution in [0.4, 0.5) is 5.69 Å². The molecule has 0 radical (unpaired) electrons. The number of halogens is 1. The van der Waals surface area contributed by atoms with Gasteiger partial charge in [-0.25, -0.2) is 8.42 Å². The molecule has 3 N–H and O–H groups in total. The summed E-state index contributed by atoms with van der Waals surface area (Å²) in [6, 6.07) is 16.0. The van der Waals surface area contributed by atoms with E-state index in [1.807, 2.05) is 41.8 Å². The average molecular weight is 404 g/mol. The number of para-hydroxylation sites is 1. The molecule has 3 aromatic rings. The van der Waals surface area contributed by atoms with Gasteiger partial charge in [0.15, 0.2) is 0 Å². The number of nitrogens with zero attached hydrogens (tertiary/aromatic N) is 1. The number of sulfonamides is 1. The van der Waals surface area contributed by atoms with Crippen molar-refractivity contribution in [1.29, 1.82) is 0 Å². The first-order chi connectivity index (χ1) is 12.7. The number of anilines is 1. The molecule has 0 aliphatic heterocycles. The van der Waals surface area contributed by atoms with Gasteiger partial charge in [-0.2, -0.15) is 0 Å². The van der Waals surface area contributed by atoms with E-state index in [2.05, 4.69) is 4.72 Å². The maximum absolute atomic E-state index is 12.1. The number of hydrogen-bond donors (Lipinski definition) is 2. The van der Waals surface area contributed by atoms with Crippen LogP contribution < -0.4 is 10.5 Å². The number of nitrogens with two attached hydrogens (primary N) is 1. The van der Waals surface area contributed by atoms with Gasteiger partial charge in [0, 0.05) is 22.0 Å². The third-order valence-electron chi connectivity index (χ3n) is 3.94. The molecule has 0 unspecified atom stereocenters. The molecule has 0 spiro atoms. The Balaban J connectivity index is 2.29. The monoisotopic (exact) mass is 403 g/mol. The Morgan fingerprint density at radius 3 is 2.37 bits per heavy atom. The molecular weight excluding hydrogens is 386 g/mol. The van der Waals surface area contributed by atoms with Gasteiger partial charge in [-0.3, -0.25) is 9.52 Å². The number of nitrogens with one attached hydrogen (secondary N) is 1. The molecule has 0 saturated carbocycles. The summed E-state index contributed by atoms with van der Waals surface area (Å²) in [4.78, 5) is 12.1. The number of aromatic nitrogens is 1. The van der Waals surface area contributed by atoms with E-state index in [1.54, 1.807) is 18.2 Å². The topological polar surface area (TPSA) is 94.2 Å². The zero-order chi connectivity index (χ0) is 19.8. The van der Waals surface area contributed by atoms with Crippen molar-refractivity contribution >= 4 is 33.2 Å². The molecule has 1 amide bonds. The van der Waals surface area contributed by atoms with E-state index in [9.17, 15) is 13.2 Å². The lowest BCUT2D eigenvalue weighted by atomic mass is 10.1. The summed E-state index contributed by atoms with van der Waals surface area (Å²) in [7, 11) is -3.48. The minimum absolute atomic E-state index is 0.300.